The molecular weight excluding hydrogens is 388 g/mol. The van der Waals surface area contributed by atoms with Crippen LogP contribution >= 0.6 is 0 Å². The molecule has 0 bridgehead atoms. The van der Waals surface area contributed by atoms with Gasteiger partial charge in [0.15, 0.2) is 5.69 Å². The van der Waals surface area contributed by atoms with Crippen LogP contribution in [0.1, 0.15) is 25.0 Å². The Balaban J connectivity index is 1.60. The minimum Gasteiger partial charge on any atom is -0.305 e. The number of imide groups is 1. The molecule has 0 aliphatic carbocycles. The zero-order valence-electron chi connectivity index (χ0n) is 17.7. The predicted octanol–water partition coefficient (Wildman–Crippen LogP) is 5.36. The van der Waals surface area contributed by atoms with Crippen molar-refractivity contribution in [1.29, 1.82) is 0 Å². The number of hydrogen-bond donors (Lipinski definition) is 0. The van der Waals surface area contributed by atoms with Crippen molar-refractivity contribution in [3.05, 3.63) is 89.5 Å². The number of hydrogen-bond acceptors (Lipinski definition) is 3. The van der Waals surface area contributed by atoms with Crippen molar-refractivity contribution in [3.8, 4) is 11.1 Å². The lowest BCUT2D eigenvalue weighted by Crippen LogP contribution is -2.43. The van der Waals surface area contributed by atoms with Crippen LogP contribution < -0.4 is 4.90 Å². The number of carbonyl (C=O) groups is 2. The van der Waals surface area contributed by atoms with E-state index in [1.807, 2.05) is 36.4 Å². The highest BCUT2D eigenvalue weighted by Crippen LogP contribution is 2.35. The van der Waals surface area contributed by atoms with Crippen LogP contribution in [0.2, 0.25) is 0 Å². The minimum absolute atomic E-state index is 0.278. The van der Waals surface area contributed by atoms with Gasteiger partial charge in [0.2, 0.25) is 0 Å². The molecule has 6 heteroatoms. The van der Waals surface area contributed by atoms with Gasteiger partial charge < -0.3 is 4.90 Å². The van der Waals surface area contributed by atoms with Crippen LogP contribution in [-0.2, 0) is 11.3 Å². The fourth-order valence-corrected chi connectivity index (χ4v) is 3.75. The summed E-state index contributed by atoms with van der Waals surface area (Å²) in [4.78, 5) is 36.8. The Morgan fingerprint density at radius 3 is 2.39 bits per heavy atom. The zero-order valence-corrected chi connectivity index (χ0v) is 17.7. The summed E-state index contributed by atoms with van der Waals surface area (Å²) < 4.78 is 0. The van der Waals surface area contributed by atoms with Crippen molar-refractivity contribution in [1.82, 2.24) is 9.88 Å². The fourth-order valence-electron chi connectivity index (χ4n) is 3.75. The molecule has 2 aromatic carbocycles. The van der Waals surface area contributed by atoms with Crippen molar-refractivity contribution < 1.29 is 9.59 Å². The maximum absolute atomic E-state index is 13.3. The summed E-state index contributed by atoms with van der Waals surface area (Å²) in [5.41, 5.74) is 3.74. The van der Waals surface area contributed by atoms with Gasteiger partial charge in [0.25, 0.3) is 5.91 Å². The van der Waals surface area contributed by atoms with Crippen LogP contribution in [0.15, 0.2) is 67.0 Å². The Bertz CT molecular complexity index is 1190. The van der Waals surface area contributed by atoms with E-state index < -0.39 is 5.54 Å². The van der Waals surface area contributed by atoms with Gasteiger partial charge in [0.05, 0.1) is 12.3 Å². The Morgan fingerprint density at radius 1 is 1.03 bits per heavy atom. The topological polar surface area (TPSA) is 57.9 Å². The summed E-state index contributed by atoms with van der Waals surface area (Å²) in [5, 5.41) is 0. The van der Waals surface area contributed by atoms with E-state index in [9.17, 15) is 9.59 Å². The summed E-state index contributed by atoms with van der Waals surface area (Å²) in [7, 11) is 0. The fraction of sp³-hybridized carbons (Fsp3) is 0.200. The molecule has 0 unspecified atom stereocenters. The molecule has 31 heavy (non-hydrogen) atoms. The van der Waals surface area contributed by atoms with Crippen LogP contribution in [0.5, 0.6) is 0 Å². The molecule has 0 spiro atoms. The molecular formula is C25H22N4O2. The monoisotopic (exact) mass is 410 g/mol. The number of amides is 3. The maximum Gasteiger partial charge on any atom is 0.332 e. The van der Waals surface area contributed by atoms with Crippen molar-refractivity contribution >= 4 is 23.3 Å². The third kappa shape index (κ3) is 3.55. The van der Waals surface area contributed by atoms with Crippen LogP contribution in [0, 0.1) is 13.5 Å². The van der Waals surface area contributed by atoms with Gasteiger partial charge >= 0.3 is 6.03 Å². The molecule has 1 fully saturated rings. The molecule has 0 atom stereocenters. The summed E-state index contributed by atoms with van der Waals surface area (Å²) in [5.74, 6) is -0.278. The SMILES string of the molecule is [C-]#[N+]c1ccc(N2C(=O)N(Cc3ccc(-c4cccnc4)cc3)C(C)(C)C2=O)cc1C. The molecule has 0 saturated carbocycles. The quantitative estimate of drug-likeness (QED) is 0.430. The number of pyridine rings is 1. The van der Waals surface area contributed by atoms with Gasteiger partial charge in [-0.2, -0.15) is 0 Å². The number of urea groups is 1. The summed E-state index contributed by atoms with van der Waals surface area (Å²) in [6.45, 7) is 12.8. The van der Waals surface area contributed by atoms with Gasteiger partial charge in [-0.05, 0) is 61.2 Å². The summed E-state index contributed by atoms with van der Waals surface area (Å²) >= 11 is 0. The molecule has 6 nitrogen and oxygen atoms in total. The number of benzene rings is 2. The molecule has 3 aromatic rings. The first kappa shape index (κ1) is 20.3. The van der Waals surface area contributed by atoms with E-state index in [-0.39, 0.29) is 11.9 Å². The second kappa shape index (κ2) is 7.69. The van der Waals surface area contributed by atoms with E-state index >= 15 is 0 Å². The minimum atomic E-state index is -0.981. The molecule has 3 amide bonds. The summed E-state index contributed by atoms with van der Waals surface area (Å²) in [6, 6.07) is 16.4. The molecule has 2 heterocycles. The van der Waals surface area contributed by atoms with E-state index in [0.29, 0.717) is 17.9 Å². The number of aryl methyl sites for hydroxylation is 1. The van der Waals surface area contributed by atoms with Gasteiger partial charge in [0, 0.05) is 18.9 Å². The average Bonchev–Trinajstić information content (AvgIpc) is 2.94. The number of carbonyl (C=O) groups excluding carboxylic acids is 2. The second-order valence-electron chi connectivity index (χ2n) is 8.09. The largest absolute Gasteiger partial charge is 0.332 e. The first-order valence-corrected chi connectivity index (χ1v) is 9.96. The van der Waals surface area contributed by atoms with E-state index in [1.165, 1.54) is 4.90 Å². The Labute approximate surface area is 181 Å². The van der Waals surface area contributed by atoms with Crippen LogP contribution in [0.3, 0.4) is 0 Å². The Kier molecular flexibility index (Phi) is 5.04. The normalized spacial score (nSPS) is 15.3. The van der Waals surface area contributed by atoms with Crippen molar-refractivity contribution in [2.45, 2.75) is 32.9 Å². The third-order valence-electron chi connectivity index (χ3n) is 5.67. The first-order chi connectivity index (χ1) is 14.8. The molecule has 154 valence electrons. The maximum atomic E-state index is 13.3. The summed E-state index contributed by atoms with van der Waals surface area (Å²) in [6.07, 6.45) is 3.54. The molecule has 1 aliphatic rings. The van der Waals surface area contributed by atoms with E-state index in [0.717, 1.165) is 22.3 Å². The van der Waals surface area contributed by atoms with Crippen LogP contribution in [0.25, 0.3) is 16.0 Å². The third-order valence-corrected chi connectivity index (χ3v) is 5.67. The number of aromatic nitrogens is 1. The van der Waals surface area contributed by atoms with E-state index in [2.05, 4.69) is 9.83 Å². The van der Waals surface area contributed by atoms with Crippen LogP contribution in [-0.4, -0.2) is 27.4 Å². The predicted molar refractivity (Wildman–Crippen MR) is 120 cm³/mol. The highest BCUT2D eigenvalue weighted by Gasteiger charge is 2.51. The molecule has 1 aliphatic heterocycles. The Hall–Kier alpha value is -3.98. The standard InChI is InChI=1S/C25H22N4O2/c1-17-14-21(11-12-22(17)26-4)29-23(30)25(2,3)28(24(29)31)16-18-7-9-19(10-8-18)20-6-5-13-27-15-20/h5-15H,16H2,1-3H3. The molecule has 0 N–H and O–H groups in total. The molecule has 0 radical (unpaired) electrons. The first-order valence-electron chi connectivity index (χ1n) is 9.96. The second-order valence-corrected chi connectivity index (χ2v) is 8.09. The van der Waals surface area contributed by atoms with E-state index in [4.69, 9.17) is 6.57 Å². The highest BCUT2D eigenvalue weighted by atomic mass is 16.2. The van der Waals surface area contributed by atoms with Gasteiger partial charge in [-0.15, -0.1) is 0 Å². The smallest absolute Gasteiger partial charge is 0.305 e. The Morgan fingerprint density at radius 2 is 1.77 bits per heavy atom. The van der Waals surface area contributed by atoms with Crippen molar-refractivity contribution in [2.75, 3.05) is 4.90 Å². The molecule has 4 rings (SSSR count). The average molecular weight is 410 g/mol. The molecule has 1 saturated heterocycles. The van der Waals surface area contributed by atoms with Gasteiger partial charge in [-0.3, -0.25) is 9.78 Å². The van der Waals surface area contributed by atoms with Gasteiger partial charge in [-0.1, -0.05) is 36.4 Å². The van der Waals surface area contributed by atoms with Gasteiger partial charge in [0.1, 0.15) is 5.54 Å². The van der Waals surface area contributed by atoms with Crippen molar-refractivity contribution in [2.24, 2.45) is 0 Å². The lowest BCUT2D eigenvalue weighted by molar-refractivity contribution is -0.123. The van der Waals surface area contributed by atoms with Crippen LogP contribution in [0.4, 0.5) is 16.2 Å². The molecule has 1 aromatic heterocycles. The zero-order chi connectivity index (χ0) is 22.2. The van der Waals surface area contributed by atoms with E-state index in [1.54, 1.807) is 56.3 Å². The van der Waals surface area contributed by atoms with Gasteiger partial charge in [-0.25, -0.2) is 14.5 Å². The number of anilines is 1. The lowest BCUT2D eigenvalue weighted by atomic mass is 10.0. The lowest BCUT2D eigenvalue weighted by Gasteiger charge is -2.27. The number of rotatable bonds is 4. The number of nitrogens with zero attached hydrogens (tertiary/aromatic N) is 4. The van der Waals surface area contributed by atoms with Crippen molar-refractivity contribution in [3.63, 3.8) is 0 Å². The highest BCUT2D eigenvalue weighted by molar-refractivity contribution is 6.23.